The standard InChI is InChI=1S/C20H24BrClF2N2O2S/c1-12(23)17(21)10-19(13(2)24)29-25-7-5-16(6-8-25)26-18-4-3-15(22)9-14(18)11-28-20(26)27/h3-4,10,13-14,16H,5-9,11H2,1-2H3/b17-12-,19-10+. The van der Waals surface area contributed by atoms with E-state index in [1.807, 2.05) is 12.2 Å². The van der Waals surface area contributed by atoms with Crippen molar-refractivity contribution >= 4 is 45.6 Å². The molecule has 0 aromatic rings. The lowest BCUT2D eigenvalue weighted by Crippen LogP contribution is -2.50. The zero-order valence-corrected chi connectivity index (χ0v) is 19.5. The highest BCUT2D eigenvalue weighted by atomic mass is 79.9. The molecule has 0 N–H and O–H groups in total. The number of carbonyl (C=O) groups is 1. The first-order chi connectivity index (χ1) is 13.8. The topological polar surface area (TPSA) is 32.8 Å². The second-order valence-corrected chi connectivity index (χ2v) is 9.86. The van der Waals surface area contributed by atoms with Gasteiger partial charge in [-0.3, -0.25) is 4.90 Å². The summed E-state index contributed by atoms with van der Waals surface area (Å²) in [5, 5.41) is 0.770. The Morgan fingerprint density at radius 1 is 1.41 bits per heavy atom. The summed E-state index contributed by atoms with van der Waals surface area (Å²) in [6.07, 6.45) is 5.93. The van der Waals surface area contributed by atoms with Crippen LogP contribution in [0.25, 0.3) is 0 Å². The number of ether oxygens (including phenoxy) is 1. The molecule has 2 atom stereocenters. The Morgan fingerprint density at radius 3 is 2.72 bits per heavy atom. The molecule has 0 aromatic heterocycles. The molecule has 0 bridgehead atoms. The molecular formula is C20H24BrClF2N2O2S. The molecule has 0 saturated carbocycles. The number of allylic oxidation sites excluding steroid dienone is 7. The molecule has 29 heavy (non-hydrogen) atoms. The maximum Gasteiger partial charge on any atom is 0.414 e. The van der Waals surface area contributed by atoms with E-state index in [0.717, 1.165) is 23.6 Å². The predicted molar refractivity (Wildman–Crippen MR) is 117 cm³/mol. The van der Waals surface area contributed by atoms with Gasteiger partial charge in [-0.05, 0) is 79.2 Å². The van der Waals surface area contributed by atoms with Gasteiger partial charge in [0.05, 0.1) is 0 Å². The first-order valence-electron chi connectivity index (χ1n) is 9.59. The fourth-order valence-electron chi connectivity index (χ4n) is 3.63. The predicted octanol–water partition coefficient (Wildman–Crippen LogP) is 6.42. The Labute approximate surface area is 187 Å². The Kier molecular flexibility index (Phi) is 7.87. The minimum Gasteiger partial charge on any atom is -0.448 e. The monoisotopic (exact) mass is 508 g/mol. The molecule has 1 amide bonds. The van der Waals surface area contributed by atoms with Gasteiger partial charge in [0.25, 0.3) is 0 Å². The number of amides is 1. The Morgan fingerprint density at radius 2 is 2.10 bits per heavy atom. The molecule has 2 saturated heterocycles. The fourth-order valence-corrected chi connectivity index (χ4v) is 5.28. The van der Waals surface area contributed by atoms with Gasteiger partial charge in [-0.2, -0.15) is 0 Å². The van der Waals surface area contributed by atoms with Crippen LogP contribution in [0, 0.1) is 5.92 Å². The van der Waals surface area contributed by atoms with E-state index in [0.29, 0.717) is 31.0 Å². The number of rotatable bonds is 5. The maximum absolute atomic E-state index is 14.0. The highest BCUT2D eigenvalue weighted by molar-refractivity contribution is 9.11. The van der Waals surface area contributed by atoms with Crippen LogP contribution in [0.5, 0.6) is 0 Å². The first kappa shape index (κ1) is 22.8. The molecule has 2 heterocycles. The van der Waals surface area contributed by atoms with E-state index >= 15 is 0 Å². The van der Waals surface area contributed by atoms with Crippen molar-refractivity contribution in [3.63, 3.8) is 0 Å². The summed E-state index contributed by atoms with van der Waals surface area (Å²) in [6.45, 7) is 4.50. The molecule has 2 unspecified atom stereocenters. The van der Waals surface area contributed by atoms with Crippen molar-refractivity contribution in [2.45, 2.75) is 45.3 Å². The zero-order valence-electron chi connectivity index (χ0n) is 16.3. The van der Waals surface area contributed by atoms with Crippen molar-refractivity contribution in [1.29, 1.82) is 0 Å². The molecule has 3 aliphatic rings. The Hall–Kier alpha value is -0.830. The summed E-state index contributed by atoms with van der Waals surface area (Å²) in [4.78, 5) is 14.7. The van der Waals surface area contributed by atoms with E-state index in [4.69, 9.17) is 16.3 Å². The van der Waals surface area contributed by atoms with Crippen LogP contribution in [0.4, 0.5) is 13.6 Å². The maximum atomic E-state index is 14.0. The lowest BCUT2D eigenvalue weighted by molar-refractivity contribution is 0.0444. The van der Waals surface area contributed by atoms with Crippen molar-refractivity contribution in [3.05, 3.63) is 44.2 Å². The van der Waals surface area contributed by atoms with Gasteiger partial charge in [0.2, 0.25) is 0 Å². The Bertz CT molecular complexity index is 772. The number of fused-ring (bicyclic) bond motifs is 1. The minimum absolute atomic E-state index is 0.0358. The molecular weight excluding hydrogens is 486 g/mol. The van der Waals surface area contributed by atoms with Crippen LogP contribution in [0.1, 0.15) is 33.1 Å². The third kappa shape index (κ3) is 5.66. The summed E-state index contributed by atoms with van der Waals surface area (Å²) in [5.74, 6) is -0.289. The van der Waals surface area contributed by atoms with Crippen molar-refractivity contribution in [2.24, 2.45) is 5.92 Å². The second-order valence-electron chi connectivity index (χ2n) is 7.35. The van der Waals surface area contributed by atoms with Gasteiger partial charge in [-0.1, -0.05) is 11.6 Å². The number of alkyl halides is 1. The van der Waals surface area contributed by atoms with E-state index in [1.54, 1.807) is 4.90 Å². The van der Waals surface area contributed by atoms with Crippen LogP contribution in [0.2, 0.25) is 0 Å². The summed E-state index contributed by atoms with van der Waals surface area (Å²) < 4.78 is 35.0. The fraction of sp³-hybridized carbons (Fsp3) is 0.550. The molecule has 3 rings (SSSR count). The van der Waals surface area contributed by atoms with Crippen LogP contribution >= 0.6 is 39.5 Å². The quantitative estimate of drug-likeness (QED) is 0.316. The number of carbonyl (C=O) groups excluding carboxylic acids is 1. The van der Waals surface area contributed by atoms with Crippen LogP contribution in [-0.4, -0.2) is 47.2 Å². The largest absolute Gasteiger partial charge is 0.448 e. The van der Waals surface area contributed by atoms with Gasteiger partial charge in [0.15, 0.2) is 0 Å². The molecule has 9 heteroatoms. The highest BCUT2D eigenvalue weighted by Gasteiger charge is 2.39. The van der Waals surface area contributed by atoms with Crippen molar-refractivity contribution < 1.29 is 18.3 Å². The normalized spacial score (nSPS) is 26.3. The molecule has 0 spiro atoms. The van der Waals surface area contributed by atoms with E-state index in [2.05, 4.69) is 20.2 Å². The van der Waals surface area contributed by atoms with Gasteiger partial charge in [-0.25, -0.2) is 17.9 Å². The number of nitrogens with zero attached hydrogens (tertiary/aromatic N) is 2. The molecule has 4 nitrogen and oxygen atoms in total. The molecule has 1 aliphatic carbocycles. The summed E-state index contributed by atoms with van der Waals surface area (Å²) in [7, 11) is 0. The molecule has 160 valence electrons. The lowest BCUT2D eigenvalue weighted by Gasteiger charge is -2.43. The van der Waals surface area contributed by atoms with Crippen molar-refractivity contribution in [1.82, 2.24) is 9.21 Å². The van der Waals surface area contributed by atoms with Crippen LogP contribution in [0.15, 0.2) is 44.2 Å². The molecule has 2 aliphatic heterocycles. The van der Waals surface area contributed by atoms with Gasteiger partial charge in [-0.15, -0.1) is 0 Å². The third-order valence-corrected chi connectivity index (χ3v) is 7.52. The van der Waals surface area contributed by atoms with Crippen molar-refractivity contribution in [3.8, 4) is 0 Å². The van der Waals surface area contributed by atoms with Gasteiger partial charge < -0.3 is 4.74 Å². The van der Waals surface area contributed by atoms with E-state index < -0.39 is 12.0 Å². The molecule has 0 radical (unpaired) electrons. The van der Waals surface area contributed by atoms with Crippen LogP contribution in [-0.2, 0) is 4.74 Å². The zero-order chi connectivity index (χ0) is 21.1. The number of hydrogen-bond donors (Lipinski definition) is 0. The smallest absolute Gasteiger partial charge is 0.414 e. The summed E-state index contributed by atoms with van der Waals surface area (Å²) in [6, 6.07) is 0.0358. The number of hydrogen-bond acceptors (Lipinski definition) is 4. The highest BCUT2D eigenvalue weighted by Crippen LogP contribution is 2.38. The van der Waals surface area contributed by atoms with Crippen molar-refractivity contribution in [2.75, 3.05) is 19.7 Å². The average molecular weight is 510 g/mol. The Balaban J connectivity index is 1.65. The van der Waals surface area contributed by atoms with Gasteiger partial charge >= 0.3 is 6.09 Å². The molecule has 0 aromatic carbocycles. The minimum atomic E-state index is -1.20. The summed E-state index contributed by atoms with van der Waals surface area (Å²) >= 11 is 10.6. The average Bonchev–Trinajstić information content (AvgIpc) is 2.68. The van der Waals surface area contributed by atoms with E-state index in [1.165, 1.54) is 31.9 Å². The third-order valence-electron chi connectivity index (χ3n) is 5.19. The van der Waals surface area contributed by atoms with Crippen LogP contribution in [0.3, 0.4) is 0 Å². The summed E-state index contributed by atoms with van der Waals surface area (Å²) in [5.41, 5.74) is 0.974. The number of cyclic esters (lactones) is 1. The van der Waals surface area contributed by atoms with Gasteiger partial charge in [0.1, 0.15) is 18.6 Å². The SMILES string of the molecule is C/C(F)=C(Br)\C=C(\SN1CCC(N2C(=O)OCC3CC(Cl)=CC=C32)CC1)C(C)F. The van der Waals surface area contributed by atoms with E-state index in [9.17, 15) is 13.6 Å². The van der Waals surface area contributed by atoms with Gasteiger partial charge in [0, 0.05) is 45.2 Å². The number of piperidine rings is 1. The van der Waals surface area contributed by atoms with Crippen LogP contribution < -0.4 is 0 Å². The molecule has 2 fully saturated rings. The lowest BCUT2D eigenvalue weighted by atomic mass is 9.92. The van der Waals surface area contributed by atoms with E-state index in [-0.39, 0.29) is 22.5 Å². The number of halogens is 4. The second kappa shape index (κ2) is 9.98. The first-order valence-corrected chi connectivity index (χ1v) is 11.5.